The van der Waals surface area contributed by atoms with E-state index in [1.807, 2.05) is 43.3 Å². The van der Waals surface area contributed by atoms with Gasteiger partial charge in [0.15, 0.2) is 5.82 Å². The van der Waals surface area contributed by atoms with E-state index in [9.17, 15) is 9.59 Å². The third-order valence-corrected chi connectivity index (χ3v) is 4.55. The van der Waals surface area contributed by atoms with Crippen LogP contribution in [0.4, 0.5) is 11.4 Å². The van der Waals surface area contributed by atoms with Crippen molar-refractivity contribution in [3.63, 3.8) is 0 Å². The first kappa shape index (κ1) is 19.4. The SMILES string of the molecule is CN(C)c1ccc(CCC(=O)Nc2ccc(C(=O)c3nccn3C)cc2)cc1. The number of nitrogens with one attached hydrogen (secondary N) is 1. The number of anilines is 2. The van der Waals surface area contributed by atoms with Crippen LogP contribution < -0.4 is 10.2 Å². The molecule has 0 atom stereocenters. The molecule has 0 fully saturated rings. The van der Waals surface area contributed by atoms with Crippen LogP contribution in [0.25, 0.3) is 0 Å². The normalized spacial score (nSPS) is 10.5. The fraction of sp³-hybridized carbons (Fsp3) is 0.227. The number of carbonyl (C=O) groups excluding carboxylic acids is 2. The maximum Gasteiger partial charge on any atom is 0.228 e. The smallest absolute Gasteiger partial charge is 0.228 e. The van der Waals surface area contributed by atoms with Gasteiger partial charge in [0.05, 0.1) is 0 Å². The molecule has 3 rings (SSSR count). The molecule has 3 aromatic rings. The van der Waals surface area contributed by atoms with E-state index in [-0.39, 0.29) is 11.7 Å². The van der Waals surface area contributed by atoms with Gasteiger partial charge in [-0.1, -0.05) is 12.1 Å². The van der Waals surface area contributed by atoms with Crippen LogP contribution in [0, 0.1) is 0 Å². The van der Waals surface area contributed by atoms with Gasteiger partial charge in [-0.25, -0.2) is 4.98 Å². The lowest BCUT2D eigenvalue weighted by Crippen LogP contribution is -2.13. The van der Waals surface area contributed by atoms with Crippen LogP contribution in [-0.2, 0) is 18.3 Å². The van der Waals surface area contributed by atoms with E-state index in [4.69, 9.17) is 0 Å². The number of nitrogens with zero attached hydrogens (tertiary/aromatic N) is 3. The third-order valence-electron chi connectivity index (χ3n) is 4.55. The Labute approximate surface area is 164 Å². The van der Waals surface area contributed by atoms with Crippen molar-refractivity contribution in [1.29, 1.82) is 0 Å². The number of hydrogen-bond acceptors (Lipinski definition) is 4. The van der Waals surface area contributed by atoms with Gasteiger partial charge in [0, 0.05) is 56.9 Å². The highest BCUT2D eigenvalue weighted by molar-refractivity contribution is 6.07. The Hall–Kier alpha value is -3.41. The van der Waals surface area contributed by atoms with Crippen molar-refractivity contribution in [2.75, 3.05) is 24.3 Å². The van der Waals surface area contributed by atoms with Crippen LogP contribution in [0.3, 0.4) is 0 Å². The van der Waals surface area contributed by atoms with Gasteiger partial charge in [0.25, 0.3) is 0 Å². The molecule has 0 saturated heterocycles. The summed E-state index contributed by atoms with van der Waals surface area (Å²) in [5, 5.41) is 2.87. The summed E-state index contributed by atoms with van der Waals surface area (Å²) >= 11 is 0. The Morgan fingerprint density at radius 3 is 2.29 bits per heavy atom. The maximum atomic E-state index is 12.4. The van der Waals surface area contributed by atoms with Crippen LogP contribution in [0.1, 0.15) is 28.2 Å². The van der Waals surface area contributed by atoms with Crippen molar-refractivity contribution in [2.45, 2.75) is 12.8 Å². The van der Waals surface area contributed by atoms with E-state index in [0.29, 0.717) is 29.9 Å². The molecule has 0 radical (unpaired) electrons. The Balaban J connectivity index is 1.54. The van der Waals surface area contributed by atoms with E-state index >= 15 is 0 Å². The van der Waals surface area contributed by atoms with Crippen LogP contribution in [0.5, 0.6) is 0 Å². The molecular weight excluding hydrogens is 352 g/mol. The van der Waals surface area contributed by atoms with Gasteiger partial charge < -0.3 is 14.8 Å². The zero-order valence-electron chi connectivity index (χ0n) is 16.3. The number of amides is 1. The molecule has 1 heterocycles. The van der Waals surface area contributed by atoms with Crippen LogP contribution in [-0.4, -0.2) is 35.3 Å². The average Bonchev–Trinajstić information content (AvgIpc) is 3.12. The summed E-state index contributed by atoms with van der Waals surface area (Å²) in [7, 11) is 5.78. The molecule has 28 heavy (non-hydrogen) atoms. The predicted molar refractivity (Wildman–Crippen MR) is 111 cm³/mol. The first-order chi connectivity index (χ1) is 13.4. The standard InChI is InChI=1S/C22H24N4O2/c1-25(2)19-11-4-16(5-12-19)6-13-20(27)24-18-9-7-17(8-10-18)21(28)22-23-14-15-26(22)3/h4-5,7-12,14-15H,6,13H2,1-3H3,(H,24,27). The molecule has 2 aromatic carbocycles. The molecule has 0 aliphatic rings. The number of hydrogen-bond donors (Lipinski definition) is 1. The van der Waals surface area contributed by atoms with Crippen molar-refractivity contribution in [3.8, 4) is 0 Å². The number of rotatable bonds is 7. The molecule has 0 aliphatic heterocycles. The minimum Gasteiger partial charge on any atom is -0.378 e. The summed E-state index contributed by atoms with van der Waals surface area (Å²) in [6, 6.07) is 15.1. The second kappa shape index (κ2) is 8.52. The molecule has 0 unspecified atom stereocenters. The largest absolute Gasteiger partial charge is 0.378 e. The molecule has 6 heteroatoms. The second-order valence-corrected chi connectivity index (χ2v) is 6.88. The second-order valence-electron chi connectivity index (χ2n) is 6.88. The van der Waals surface area contributed by atoms with E-state index in [0.717, 1.165) is 11.3 Å². The van der Waals surface area contributed by atoms with E-state index in [1.54, 1.807) is 48.3 Å². The van der Waals surface area contributed by atoms with Gasteiger partial charge in [-0.3, -0.25) is 9.59 Å². The van der Waals surface area contributed by atoms with Crippen molar-refractivity contribution in [2.24, 2.45) is 7.05 Å². The van der Waals surface area contributed by atoms with Gasteiger partial charge in [-0.05, 0) is 48.4 Å². The number of carbonyl (C=O) groups is 2. The summed E-state index contributed by atoms with van der Waals surface area (Å²) in [5.74, 6) is 0.184. The minimum absolute atomic E-state index is 0.0557. The summed E-state index contributed by atoms with van der Waals surface area (Å²) in [4.78, 5) is 30.7. The van der Waals surface area contributed by atoms with E-state index < -0.39 is 0 Å². The number of aryl methyl sites for hydroxylation is 2. The Kier molecular flexibility index (Phi) is 5.89. The van der Waals surface area contributed by atoms with E-state index in [2.05, 4.69) is 10.3 Å². The molecule has 0 aliphatic carbocycles. The monoisotopic (exact) mass is 376 g/mol. The first-order valence-corrected chi connectivity index (χ1v) is 9.12. The quantitative estimate of drug-likeness (QED) is 0.643. The van der Waals surface area contributed by atoms with Gasteiger partial charge in [-0.15, -0.1) is 0 Å². The minimum atomic E-state index is -0.147. The van der Waals surface area contributed by atoms with Crippen LogP contribution >= 0.6 is 0 Å². The Bertz CT molecular complexity index is 957. The zero-order chi connectivity index (χ0) is 20.1. The fourth-order valence-corrected chi connectivity index (χ4v) is 2.86. The molecule has 6 nitrogen and oxygen atoms in total. The molecule has 1 amide bonds. The van der Waals surface area contributed by atoms with Crippen LogP contribution in [0.15, 0.2) is 60.9 Å². The molecule has 1 aromatic heterocycles. The van der Waals surface area contributed by atoms with Gasteiger partial charge >= 0.3 is 0 Å². The molecule has 0 saturated carbocycles. The molecule has 144 valence electrons. The Morgan fingerprint density at radius 1 is 1.04 bits per heavy atom. The predicted octanol–water partition coefficient (Wildman–Crippen LogP) is 3.29. The van der Waals surface area contributed by atoms with Crippen molar-refractivity contribution < 1.29 is 9.59 Å². The van der Waals surface area contributed by atoms with Crippen LogP contribution in [0.2, 0.25) is 0 Å². The molecular formula is C22H24N4O2. The van der Waals surface area contributed by atoms with Gasteiger partial charge in [0.1, 0.15) is 0 Å². The van der Waals surface area contributed by atoms with Crippen molar-refractivity contribution in [1.82, 2.24) is 9.55 Å². The number of imidazole rings is 1. The third kappa shape index (κ3) is 4.65. The lowest BCUT2D eigenvalue weighted by Gasteiger charge is -2.12. The van der Waals surface area contributed by atoms with Gasteiger partial charge in [0.2, 0.25) is 11.7 Å². The first-order valence-electron chi connectivity index (χ1n) is 9.12. The van der Waals surface area contributed by atoms with Crippen molar-refractivity contribution in [3.05, 3.63) is 77.9 Å². The fourth-order valence-electron chi connectivity index (χ4n) is 2.86. The molecule has 1 N–H and O–H groups in total. The molecule has 0 bridgehead atoms. The van der Waals surface area contributed by atoms with E-state index in [1.165, 1.54) is 0 Å². The zero-order valence-corrected chi connectivity index (χ0v) is 16.3. The number of benzene rings is 2. The number of aromatic nitrogens is 2. The average molecular weight is 376 g/mol. The van der Waals surface area contributed by atoms with Crippen molar-refractivity contribution >= 4 is 23.1 Å². The Morgan fingerprint density at radius 2 is 1.71 bits per heavy atom. The topological polar surface area (TPSA) is 67.2 Å². The summed E-state index contributed by atoms with van der Waals surface area (Å²) in [6.45, 7) is 0. The van der Waals surface area contributed by atoms with Gasteiger partial charge in [-0.2, -0.15) is 0 Å². The number of ketones is 1. The lowest BCUT2D eigenvalue weighted by atomic mass is 10.1. The highest BCUT2D eigenvalue weighted by Gasteiger charge is 2.13. The summed E-state index contributed by atoms with van der Waals surface area (Å²) < 4.78 is 1.68. The molecule has 0 spiro atoms. The maximum absolute atomic E-state index is 12.4. The summed E-state index contributed by atoms with van der Waals surface area (Å²) in [5.41, 5.74) is 3.46. The lowest BCUT2D eigenvalue weighted by molar-refractivity contribution is -0.116. The highest BCUT2D eigenvalue weighted by atomic mass is 16.1. The summed E-state index contributed by atoms with van der Waals surface area (Å²) in [6.07, 6.45) is 4.40. The highest BCUT2D eigenvalue weighted by Crippen LogP contribution is 2.15.